The topological polar surface area (TPSA) is 67.4 Å². The van der Waals surface area contributed by atoms with Crippen molar-refractivity contribution in [1.29, 1.82) is 0 Å². The number of nitrogens with one attached hydrogen (secondary N) is 2. The molecule has 102 valence electrons. The molecule has 3 atom stereocenters. The highest BCUT2D eigenvalue weighted by atomic mass is 16.5. The van der Waals surface area contributed by atoms with E-state index < -0.39 is 0 Å². The van der Waals surface area contributed by atoms with E-state index in [2.05, 4.69) is 24.5 Å². The van der Waals surface area contributed by atoms with Crippen LogP contribution in [0.4, 0.5) is 0 Å². The van der Waals surface area contributed by atoms with Crippen LogP contribution in [0.25, 0.3) is 0 Å². The molecule has 5 heteroatoms. The van der Waals surface area contributed by atoms with E-state index in [0.717, 1.165) is 6.42 Å². The SMILES string of the molecule is COC1CC(NC(=O)C2CCC(=O)NC2)C1(C)C. The lowest BCUT2D eigenvalue weighted by Crippen LogP contribution is -2.63. The Hall–Kier alpha value is -1.10. The zero-order valence-corrected chi connectivity index (χ0v) is 11.3. The maximum atomic E-state index is 12.1. The third-order valence-corrected chi connectivity index (χ3v) is 4.42. The Balaban J connectivity index is 1.84. The van der Waals surface area contributed by atoms with Gasteiger partial charge in [0.1, 0.15) is 0 Å². The maximum Gasteiger partial charge on any atom is 0.225 e. The fraction of sp³-hybridized carbons (Fsp3) is 0.846. The molecule has 0 spiro atoms. The van der Waals surface area contributed by atoms with Gasteiger partial charge in [0.05, 0.1) is 12.0 Å². The molecule has 1 saturated heterocycles. The minimum atomic E-state index is -0.0832. The highest BCUT2D eigenvalue weighted by Gasteiger charge is 2.49. The van der Waals surface area contributed by atoms with Gasteiger partial charge in [-0.25, -0.2) is 0 Å². The normalized spacial score (nSPS) is 34.4. The molecule has 0 aromatic heterocycles. The zero-order chi connectivity index (χ0) is 13.3. The molecular weight excluding hydrogens is 232 g/mol. The van der Waals surface area contributed by atoms with E-state index >= 15 is 0 Å². The van der Waals surface area contributed by atoms with Gasteiger partial charge in [-0.05, 0) is 12.8 Å². The van der Waals surface area contributed by atoms with Crippen LogP contribution < -0.4 is 10.6 Å². The summed E-state index contributed by atoms with van der Waals surface area (Å²) in [5, 5.41) is 5.82. The summed E-state index contributed by atoms with van der Waals surface area (Å²) in [7, 11) is 1.71. The molecule has 18 heavy (non-hydrogen) atoms. The number of methoxy groups -OCH3 is 1. The molecule has 0 aromatic rings. The van der Waals surface area contributed by atoms with Crippen molar-refractivity contribution >= 4 is 11.8 Å². The van der Waals surface area contributed by atoms with Crippen molar-refractivity contribution in [1.82, 2.24) is 10.6 Å². The second-order valence-electron chi connectivity index (χ2n) is 5.88. The van der Waals surface area contributed by atoms with Crippen LogP contribution in [-0.2, 0) is 14.3 Å². The van der Waals surface area contributed by atoms with Gasteiger partial charge >= 0.3 is 0 Å². The number of hydrogen-bond acceptors (Lipinski definition) is 3. The van der Waals surface area contributed by atoms with Gasteiger partial charge in [0.15, 0.2) is 0 Å². The van der Waals surface area contributed by atoms with Gasteiger partial charge in [-0.3, -0.25) is 9.59 Å². The quantitative estimate of drug-likeness (QED) is 0.768. The van der Waals surface area contributed by atoms with Crippen molar-refractivity contribution in [3.05, 3.63) is 0 Å². The molecule has 5 nitrogen and oxygen atoms in total. The van der Waals surface area contributed by atoms with Gasteiger partial charge < -0.3 is 15.4 Å². The Bertz CT molecular complexity index is 344. The van der Waals surface area contributed by atoms with Gasteiger partial charge in [0.2, 0.25) is 11.8 Å². The number of amides is 2. The molecule has 2 aliphatic rings. The van der Waals surface area contributed by atoms with Crippen LogP contribution in [0, 0.1) is 11.3 Å². The first-order chi connectivity index (χ1) is 8.45. The largest absolute Gasteiger partial charge is 0.381 e. The highest BCUT2D eigenvalue weighted by molar-refractivity contribution is 5.84. The first-order valence-electron chi connectivity index (χ1n) is 6.55. The van der Waals surface area contributed by atoms with E-state index in [-0.39, 0.29) is 35.3 Å². The van der Waals surface area contributed by atoms with E-state index in [1.165, 1.54) is 0 Å². The molecule has 2 rings (SSSR count). The predicted octanol–water partition coefficient (Wildman–Crippen LogP) is 0.442. The summed E-state index contributed by atoms with van der Waals surface area (Å²) in [6.07, 6.45) is 2.19. The van der Waals surface area contributed by atoms with E-state index in [0.29, 0.717) is 19.4 Å². The third kappa shape index (κ3) is 2.36. The zero-order valence-electron chi connectivity index (χ0n) is 11.3. The summed E-state index contributed by atoms with van der Waals surface area (Å²) in [6, 6.07) is 0.174. The summed E-state index contributed by atoms with van der Waals surface area (Å²) in [6.45, 7) is 4.68. The fourth-order valence-electron chi connectivity index (χ4n) is 2.78. The lowest BCUT2D eigenvalue weighted by molar-refractivity contribution is -0.137. The number of carbonyl (C=O) groups is 2. The molecule has 1 aliphatic heterocycles. The second kappa shape index (κ2) is 4.88. The number of piperidine rings is 1. The molecule has 0 aromatic carbocycles. The average Bonchev–Trinajstić information content (AvgIpc) is 2.34. The Morgan fingerprint density at radius 2 is 2.22 bits per heavy atom. The van der Waals surface area contributed by atoms with Gasteiger partial charge in [-0.15, -0.1) is 0 Å². The van der Waals surface area contributed by atoms with Crippen molar-refractivity contribution in [3.63, 3.8) is 0 Å². The molecule has 2 N–H and O–H groups in total. The lowest BCUT2D eigenvalue weighted by Gasteiger charge is -2.51. The number of carbonyl (C=O) groups excluding carboxylic acids is 2. The minimum absolute atomic E-state index is 0.0116. The molecule has 1 aliphatic carbocycles. The maximum absolute atomic E-state index is 12.1. The molecule has 1 saturated carbocycles. The molecule has 0 radical (unpaired) electrons. The number of ether oxygens (including phenoxy) is 1. The van der Waals surface area contributed by atoms with Crippen molar-refractivity contribution < 1.29 is 14.3 Å². The van der Waals surface area contributed by atoms with Gasteiger partial charge in [0.25, 0.3) is 0 Å². The monoisotopic (exact) mass is 254 g/mol. The molecule has 1 heterocycles. The van der Waals surface area contributed by atoms with Crippen LogP contribution >= 0.6 is 0 Å². The Morgan fingerprint density at radius 1 is 1.50 bits per heavy atom. The third-order valence-electron chi connectivity index (χ3n) is 4.42. The minimum Gasteiger partial charge on any atom is -0.381 e. The van der Waals surface area contributed by atoms with Gasteiger partial charge in [0, 0.05) is 31.5 Å². The van der Waals surface area contributed by atoms with Crippen LogP contribution in [0.1, 0.15) is 33.1 Å². The Labute approximate surface area is 108 Å². The first-order valence-corrected chi connectivity index (χ1v) is 6.55. The standard InChI is InChI=1S/C13H22N2O3/c1-13(2)9(6-10(13)18-3)15-12(17)8-4-5-11(16)14-7-8/h8-10H,4-7H2,1-3H3,(H,14,16)(H,15,17). The summed E-state index contributed by atoms with van der Waals surface area (Å²) in [5.74, 6) is 0.0187. The summed E-state index contributed by atoms with van der Waals surface area (Å²) in [5.41, 5.74) is -0.0116. The number of rotatable bonds is 3. The smallest absolute Gasteiger partial charge is 0.225 e. The lowest BCUT2D eigenvalue weighted by atomic mass is 9.64. The van der Waals surface area contributed by atoms with Crippen LogP contribution in [-0.4, -0.2) is 37.6 Å². The van der Waals surface area contributed by atoms with E-state index in [1.807, 2.05) is 0 Å². The number of hydrogen-bond donors (Lipinski definition) is 2. The summed E-state index contributed by atoms with van der Waals surface area (Å²) in [4.78, 5) is 23.1. The molecule has 3 unspecified atom stereocenters. The van der Waals surface area contributed by atoms with E-state index in [4.69, 9.17) is 4.74 Å². The molecule has 2 fully saturated rings. The molecule has 0 bridgehead atoms. The Morgan fingerprint density at radius 3 is 2.72 bits per heavy atom. The summed E-state index contributed by atoms with van der Waals surface area (Å²) < 4.78 is 5.36. The highest BCUT2D eigenvalue weighted by Crippen LogP contribution is 2.42. The predicted molar refractivity (Wildman–Crippen MR) is 66.9 cm³/mol. The van der Waals surface area contributed by atoms with Crippen molar-refractivity contribution in [2.24, 2.45) is 11.3 Å². The average molecular weight is 254 g/mol. The van der Waals surface area contributed by atoms with Crippen molar-refractivity contribution in [2.75, 3.05) is 13.7 Å². The summed E-state index contributed by atoms with van der Waals surface area (Å²) >= 11 is 0. The van der Waals surface area contributed by atoms with Crippen LogP contribution in [0.3, 0.4) is 0 Å². The van der Waals surface area contributed by atoms with Crippen LogP contribution in [0.15, 0.2) is 0 Å². The molecular formula is C13H22N2O3. The van der Waals surface area contributed by atoms with Gasteiger partial charge in [-0.1, -0.05) is 13.8 Å². The first kappa shape index (κ1) is 13.3. The van der Waals surface area contributed by atoms with Crippen molar-refractivity contribution in [3.8, 4) is 0 Å². The van der Waals surface area contributed by atoms with Crippen LogP contribution in [0.5, 0.6) is 0 Å². The van der Waals surface area contributed by atoms with E-state index in [1.54, 1.807) is 7.11 Å². The van der Waals surface area contributed by atoms with Crippen molar-refractivity contribution in [2.45, 2.75) is 45.3 Å². The van der Waals surface area contributed by atoms with Crippen LogP contribution in [0.2, 0.25) is 0 Å². The second-order valence-corrected chi connectivity index (χ2v) is 5.88. The van der Waals surface area contributed by atoms with E-state index in [9.17, 15) is 9.59 Å². The fourth-order valence-corrected chi connectivity index (χ4v) is 2.78. The molecule has 2 amide bonds. The Kier molecular flexibility index (Phi) is 3.61. The van der Waals surface area contributed by atoms with Gasteiger partial charge in [-0.2, -0.15) is 0 Å².